The van der Waals surface area contributed by atoms with E-state index in [1.807, 2.05) is 43.3 Å². The first-order chi connectivity index (χ1) is 14.0. The Morgan fingerprint density at radius 1 is 0.931 bits per heavy atom. The molecule has 4 amide bonds. The molecule has 142 valence electrons. The number of hydrogen-bond acceptors (Lipinski definition) is 5. The maximum absolute atomic E-state index is 12.9. The number of barbiturate groups is 1. The van der Waals surface area contributed by atoms with E-state index in [9.17, 15) is 14.4 Å². The number of nitrogens with zero attached hydrogens (tertiary/aromatic N) is 3. The Hall–Kier alpha value is -4.13. The van der Waals surface area contributed by atoms with Gasteiger partial charge in [0, 0.05) is 23.5 Å². The molecule has 7 heteroatoms. The first-order valence-corrected chi connectivity index (χ1v) is 8.88. The van der Waals surface area contributed by atoms with Crippen molar-refractivity contribution in [2.24, 2.45) is 0 Å². The SMILES string of the molecule is Cc1cccc(N2C(=O)NC(=O)/C(=C\c3cnc(-c4ccccc4)nc3)C2=O)c1. The molecule has 1 N–H and O–H groups in total. The molecule has 2 heterocycles. The van der Waals surface area contributed by atoms with Gasteiger partial charge in [-0.3, -0.25) is 14.9 Å². The molecule has 2 aromatic carbocycles. The molecule has 0 radical (unpaired) electrons. The Morgan fingerprint density at radius 3 is 2.34 bits per heavy atom. The van der Waals surface area contributed by atoms with Gasteiger partial charge in [0.2, 0.25) is 0 Å². The lowest BCUT2D eigenvalue weighted by Crippen LogP contribution is -2.54. The Bertz CT molecular complexity index is 1140. The first-order valence-electron chi connectivity index (χ1n) is 8.88. The van der Waals surface area contributed by atoms with Gasteiger partial charge in [-0.05, 0) is 30.7 Å². The second-order valence-corrected chi connectivity index (χ2v) is 6.50. The van der Waals surface area contributed by atoms with Crippen molar-refractivity contribution in [2.75, 3.05) is 4.90 Å². The highest BCUT2D eigenvalue weighted by molar-refractivity contribution is 6.39. The summed E-state index contributed by atoms with van der Waals surface area (Å²) < 4.78 is 0. The number of hydrogen-bond donors (Lipinski definition) is 1. The van der Waals surface area contributed by atoms with E-state index in [-0.39, 0.29) is 5.57 Å². The van der Waals surface area contributed by atoms with Crippen molar-refractivity contribution in [1.82, 2.24) is 15.3 Å². The number of carbonyl (C=O) groups is 3. The normalized spacial score (nSPS) is 15.6. The van der Waals surface area contributed by atoms with E-state index in [2.05, 4.69) is 15.3 Å². The summed E-state index contributed by atoms with van der Waals surface area (Å²) in [5, 5.41) is 2.20. The average molecular weight is 384 g/mol. The molecular formula is C22H16N4O3. The number of amides is 4. The summed E-state index contributed by atoms with van der Waals surface area (Å²) in [6.07, 6.45) is 4.42. The lowest BCUT2D eigenvalue weighted by Gasteiger charge is -2.26. The third-order valence-electron chi connectivity index (χ3n) is 4.38. The van der Waals surface area contributed by atoms with Crippen LogP contribution in [0.25, 0.3) is 17.5 Å². The lowest BCUT2D eigenvalue weighted by molar-refractivity contribution is -0.122. The molecule has 1 aromatic heterocycles. The minimum Gasteiger partial charge on any atom is -0.273 e. The minimum absolute atomic E-state index is 0.165. The zero-order valence-electron chi connectivity index (χ0n) is 15.5. The van der Waals surface area contributed by atoms with E-state index in [1.54, 1.807) is 18.2 Å². The summed E-state index contributed by atoms with van der Waals surface area (Å²) in [4.78, 5) is 46.9. The van der Waals surface area contributed by atoms with Gasteiger partial charge in [-0.1, -0.05) is 42.5 Å². The van der Waals surface area contributed by atoms with Gasteiger partial charge in [-0.15, -0.1) is 0 Å². The third-order valence-corrected chi connectivity index (χ3v) is 4.38. The molecule has 29 heavy (non-hydrogen) atoms. The smallest absolute Gasteiger partial charge is 0.273 e. The van der Waals surface area contributed by atoms with Crippen LogP contribution in [-0.4, -0.2) is 27.8 Å². The quantitative estimate of drug-likeness (QED) is 0.553. The van der Waals surface area contributed by atoms with Gasteiger partial charge in [0.25, 0.3) is 11.8 Å². The predicted octanol–water partition coefficient (Wildman–Crippen LogP) is 3.12. The first kappa shape index (κ1) is 18.2. The topological polar surface area (TPSA) is 92.3 Å². The standard InChI is InChI=1S/C22H16N4O3/c1-14-6-5-9-17(10-14)26-21(28)18(20(27)25-22(26)29)11-15-12-23-19(24-13-15)16-7-3-2-4-8-16/h2-13H,1H3,(H,25,27,29)/b18-11+. The van der Waals surface area contributed by atoms with Crippen LogP contribution in [0.2, 0.25) is 0 Å². The molecule has 1 saturated heterocycles. The van der Waals surface area contributed by atoms with E-state index in [4.69, 9.17) is 0 Å². The molecule has 3 aromatic rings. The zero-order valence-corrected chi connectivity index (χ0v) is 15.5. The van der Waals surface area contributed by atoms with Gasteiger partial charge in [0.1, 0.15) is 5.57 Å². The molecule has 7 nitrogen and oxygen atoms in total. The van der Waals surface area contributed by atoms with Crippen LogP contribution in [0.15, 0.2) is 72.6 Å². The van der Waals surface area contributed by atoms with Crippen molar-refractivity contribution < 1.29 is 14.4 Å². The highest BCUT2D eigenvalue weighted by Gasteiger charge is 2.36. The van der Waals surface area contributed by atoms with E-state index in [0.717, 1.165) is 16.0 Å². The monoisotopic (exact) mass is 384 g/mol. The van der Waals surface area contributed by atoms with Crippen LogP contribution in [0.4, 0.5) is 10.5 Å². The fraction of sp³-hybridized carbons (Fsp3) is 0.0455. The van der Waals surface area contributed by atoms with Crippen LogP contribution < -0.4 is 10.2 Å². The van der Waals surface area contributed by atoms with Crippen molar-refractivity contribution >= 4 is 29.6 Å². The molecule has 0 spiro atoms. The molecule has 0 saturated carbocycles. The number of anilines is 1. The summed E-state index contributed by atoms with van der Waals surface area (Å²) in [5.74, 6) is -0.920. The summed E-state index contributed by atoms with van der Waals surface area (Å²) in [6.45, 7) is 1.85. The van der Waals surface area contributed by atoms with Crippen LogP contribution in [0.1, 0.15) is 11.1 Å². The van der Waals surface area contributed by atoms with Gasteiger partial charge >= 0.3 is 6.03 Å². The van der Waals surface area contributed by atoms with Crippen molar-refractivity contribution in [1.29, 1.82) is 0 Å². The van der Waals surface area contributed by atoms with E-state index in [0.29, 0.717) is 17.1 Å². The van der Waals surface area contributed by atoms with Crippen LogP contribution in [0.5, 0.6) is 0 Å². The number of benzene rings is 2. The van der Waals surface area contributed by atoms with E-state index >= 15 is 0 Å². The zero-order chi connectivity index (χ0) is 20.4. The number of nitrogens with one attached hydrogen (secondary N) is 1. The number of carbonyl (C=O) groups excluding carboxylic acids is 3. The Kier molecular flexibility index (Phi) is 4.70. The van der Waals surface area contributed by atoms with Crippen molar-refractivity contribution in [3.05, 3.63) is 83.7 Å². The Labute approximate surface area is 166 Å². The summed E-state index contributed by atoms with van der Waals surface area (Å²) >= 11 is 0. The van der Waals surface area contributed by atoms with Crippen LogP contribution in [0, 0.1) is 6.92 Å². The van der Waals surface area contributed by atoms with Crippen LogP contribution >= 0.6 is 0 Å². The molecule has 1 fully saturated rings. The summed E-state index contributed by atoms with van der Waals surface area (Å²) in [5.41, 5.74) is 2.44. The minimum atomic E-state index is -0.779. The predicted molar refractivity (Wildman–Crippen MR) is 108 cm³/mol. The highest BCUT2D eigenvalue weighted by atomic mass is 16.2. The highest BCUT2D eigenvalue weighted by Crippen LogP contribution is 2.23. The van der Waals surface area contributed by atoms with Crippen LogP contribution in [0.3, 0.4) is 0 Å². The Balaban J connectivity index is 1.66. The van der Waals surface area contributed by atoms with Crippen molar-refractivity contribution in [3.8, 4) is 11.4 Å². The number of rotatable bonds is 3. The molecule has 0 aliphatic carbocycles. The summed E-state index contributed by atoms with van der Waals surface area (Å²) in [7, 11) is 0. The van der Waals surface area contributed by atoms with Gasteiger partial charge < -0.3 is 0 Å². The van der Waals surface area contributed by atoms with Crippen molar-refractivity contribution in [3.63, 3.8) is 0 Å². The molecular weight excluding hydrogens is 368 g/mol. The number of urea groups is 1. The molecule has 0 unspecified atom stereocenters. The van der Waals surface area contributed by atoms with Gasteiger partial charge in [0.15, 0.2) is 5.82 Å². The van der Waals surface area contributed by atoms with Gasteiger partial charge in [-0.2, -0.15) is 0 Å². The molecule has 4 rings (SSSR count). The van der Waals surface area contributed by atoms with Gasteiger partial charge in [-0.25, -0.2) is 19.7 Å². The fourth-order valence-corrected chi connectivity index (χ4v) is 2.97. The van der Waals surface area contributed by atoms with E-state index < -0.39 is 17.8 Å². The lowest BCUT2D eigenvalue weighted by atomic mass is 10.1. The second-order valence-electron chi connectivity index (χ2n) is 6.50. The molecule has 1 aliphatic rings. The molecule has 0 bridgehead atoms. The fourth-order valence-electron chi connectivity index (χ4n) is 2.97. The molecule has 0 atom stereocenters. The van der Waals surface area contributed by atoms with Gasteiger partial charge in [0.05, 0.1) is 5.69 Å². The number of aryl methyl sites for hydroxylation is 1. The second kappa shape index (κ2) is 7.47. The van der Waals surface area contributed by atoms with E-state index in [1.165, 1.54) is 18.5 Å². The maximum atomic E-state index is 12.9. The number of aromatic nitrogens is 2. The summed E-state index contributed by atoms with van der Waals surface area (Å²) in [6, 6.07) is 15.6. The van der Waals surface area contributed by atoms with Crippen LogP contribution in [-0.2, 0) is 9.59 Å². The number of imide groups is 2. The molecule has 1 aliphatic heterocycles. The third kappa shape index (κ3) is 3.66. The maximum Gasteiger partial charge on any atom is 0.335 e. The average Bonchev–Trinajstić information content (AvgIpc) is 2.72. The largest absolute Gasteiger partial charge is 0.335 e. The van der Waals surface area contributed by atoms with Crippen molar-refractivity contribution in [2.45, 2.75) is 6.92 Å². The Morgan fingerprint density at radius 2 is 1.66 bits per heavy atom.